The Morgan fingerprint density at radius 2 is 2.05 bits per heavy atom. The summed E-state index contributed by atoms with van der Waals surface area (Å²) in [6.07, 6.45) is 3.48. The minimum atomic E-state index is -3.40. The maximum Gasteiger partial charge on any atom is 0.244 e. The van der Waals surface area contributed by atoms with Crippen LogP contribution in [0.5, 0.6) is 0 Å². The van der Waals surface area contributed by atoms with E-state index in [1.165, 1.54) is 10.7 Å². The molecule has 1 atom stereocenters. The lowest BCUT2D eigenvalue weighted by Crippen LogP contribution is -2.37. The van der Waals surface area contributed by atoms with Gasteiger partial charge in [-0.1, -0.05) is 28.1 Å². The highest BCUT2D eigenvalue weighted by atomic mass is 79.9. The third kappa shape index (κ3) is 3.79. The minimum Gasteiger partial charge on any atom is -0.370 e. The number of nitrogens with zero attached hydrogens (tertiary/aromatic N) is 2. The van der Waals surface area contributed by atoms with Crippen LogP contribution < -0.4 is 4.90 Å². The van der Waals surface area contributed by atoms with Gasteiger partial charge < -0.3 is 4.90 Å². The fraction of sp³-hybridized carbons (Fsp3) is 0.600. The molecule has 1 aromatic rings. The number of halogens is 1. The topological polar surface area (TPSA) is 40.6 Å². The highest BCUT2D eigenvalue weighted by Gasteiger charge is 2.26. The first-order valence-electron chi connectivity index (χ1n) is 7.29. The average molecular weight is 375 g/mol. The van der Waals surface area contributed by atoms with Crippen LogP contribution in [0.3, 0.4) is 0 Å². The zero-order chi connectivity index (χ0) is 15.5. The Bertz CT molecular complexity index is 573. The molecule has 0 radical (unpaired) electrons. The van der Waals surface area contributed by atoms with E-state index in [9.17, 15) is 8.42 Å². The summed E-state index contributed by atoms with van der Waals surface area (Å²) in [5.41, 5.74) is 0.838. The normalized spacial score (nSPS) is 20.0. The van der Waals surface area contributed by atoms with Gasteiger partial charge in [0.1, 0.15) is 4.90 Å². The number of para-hydroxylation sites is 1. The summed E-state index contributed by atoms with van der Waals surface area (Å²) in [7, 11) is -0.246. The molecule has 1 heterocycles. The van der Waals surface area contributed by atoms with Crippen molar-refractivity contribution >= 4 is 31.6 Å². The molecule has 118 valence electrons. The molecule has 1 unspecified atom stereocenters. The van der Waals surface area contributed by atoms with E-state index < -0.39 is 10.0 Å². The van der Waals surface area contributed by atoms with Crippen LogP contribution in [-0.2, 0) is 10.0 Å². The van der Waals surface area contributed by atoms with E-state index in [2.05, 4.69) is 20.8 Å². The molecule has 2 rings (SSSR count). The van der Waals surface area contributed by atoms with Crippen molar-refractivity contribution in [2.45, 2.75) is 24.2 Å². The van der Waals surface area contributed by atoms with E-state index in [-0.39, 0.29) is 0 Å². The molecule has 0 aromatic heterocycles. The van der Waals surface area contributed by atoms with Crippen LogP contribution in [0, 0.1) is 5.92 Å². The molecule has 1 fully saturated rings. The van der Waals surface area contributed by atoms with Gasteiger partial charge in [-0.2, -0.15) is 0 Å². The summed E-state index contributed by atoms with van der Waals surface area (Å²) >= 11 is 3.51. The fourth-order valence-electron chi connectivity index (χ4n) is 2.81. The zero-order valence-corrected chi connectivity index (χ0v) is 15.0. The lowest BCUT2D eigenvalue weighted by atomic mass is 9.95. The van der Waals surface area contributed by atoms with Gasteiger partial charge in [0.2, 0.25) is 10.0 Å². The molecule has 0 aliphatic carbocycles. The predicted molar refractivity (Wildman–Crippen MR) is 90.7 cm³/mol. The largest absolute Gasteiger partial charge is 0.370 e. The molecule has 1 aliphatic rings. The van der Waals surface area contributed by atoms with Crippen molar-refractivity contribution in [3.05, 3.63) is 24.3 Å². The van der Waals surface area contributed by atoms with Crippen molar-refractivity contribution < 1.29 is 8.42 Å². The maximum absolute atomic E-state index is 12.5. The van der Waals surface area contributed by atoms with E-state index in [1.54, 1.807) is 26.2 Å². The molecule has 1 aromatic carbocycles. The smallest absolute Gasteiger partial charge is 0.244 e. The number of hydrogen-bond donors (Lipinski definition) is 0. The zero-order valence-electron chi connectivity index (χ0n) is 12.6. The van der Waals surface area contributed by atoms with Crippen LogP contribution in [0.25, 0.3) is 0 Å². The second kappa shape index (κ2) is 7.11. The van der Waals surface area contributed by atoms with Gasteiger partial charge in [0, 0.05) is 32.5 Å². The Morgan fingerprint density at radius 1 is 1.33 bits per heavy atom. The molecule has 1 aliphatic heterocycles. The Balaban J connectivity index is 2.32. The monoisotopic (exact) mass is 374 g/mol. The molecular formula is C15H23BrN2O2S. The van der Waals surface area contributed by atoms with Crippen LogP contribution in [0.4, 0.5) is 5.69 Å². The van der Waals surface area contributed by atoms with Gasteiger partial charge in [0.25, 0.3) is 0 Å². The van der Waals surface area contributed by atoms with Crippen molar-refractivity contribution in [1.82, 2.24) is 4.31 Å². The van der Waals surface area contributed by atoms with Crippen LogP contribution >= 0.6 is 15.9 Å². The lowest BCUT2D eigenvalue weighted by Gasteiger charge is -2.35. The second-order valence-electron chi connectivity index (χ2n) is 5.69. The number of anilines is 1. The van der Waals surface area contributed by atoms with Crippen LogP contribution in [0.15, 0.2) is 29.2 Å². The fourth-order valence-corrected chi connectivity index (χ4v) is 4.56. The van der Waals surface area contributed by atoms with Crippen LogP contribution in [0.1, 0.15) is 19.3 Å². The van der Waals surface area contributed by atoms with Gasteiger partial charge in [0.05, 0.1) is 5.69 Å². The van der Waals surface area contributed by atoms with Gasteiger partial charge in [-0.05, 0) is 37.3 Å². The number of alkyl halides is 1. The molecule has 0 amide bonds. The number of sulfonamides is 1. The van der Waals surface area contributed by atoms with Gasteiger partial charge >= 0.3 is 0 Å². The third-order valence-electron chi connectivity index (χ3n) is 4.00. The van der Waals surface area contributed by atoms with Gasteiger partial charge in [0.15, 0.2) is 0 Å². The standard InChI is InChI=1S/C15H23BrN2O2S/c1-17(2)21(19,20)15-8-4-3-7-14(15)18-11-5-6-13(12-18)9-10-16/h3-4,7-8,13H,5-6,9-12H2,1-2H3. The molecule has 4 nitrogen and oxygen atoms in total. The van der Waals surface area contributed by atoms with Crippen LogP contribution in [-0.4, -0.2) is 45.2 Å². The number of benzene rings is 1. The van der Waals surface area contributed by atoms with Gasteiger partial charge in [-0.25, -0.2) is 12.7 Å². The molecule has 0 bridgehead atoms. The van der Waals surface area contributed by atoms with E-state index in [0.717, 1.165) is 36.9 Å². The summed E-state index contributed by atoms with van der Waals surface area (Å²) in [5.74, 6) is 0.633. The first-order chi connectivity index (χ1) is 9.96. The second-order valence-corrected chi connectivity index (χ2v) is 8.60. The molecule has 0 N–H and O–H groups in total. The number of piperidine rings is 1. The Kier molecular flexibility index (Phi) is 5.68. The number of rotatable bonds is 5. The quantitative estimate of drug-likeness (QED) is 0.743. The maximum atomic E-state index is 12.5. The van der Waals surface area contributed by atoms with Crippen molar-refractivity contribution in [2.24, 2.45) is 5.92 Å². The predicted octanol–water partition coefficient (Wildman–Crippen LogP) is 2.94. The lowest BCUT2D eigenvalue weighted by molar-refractivity contribution is 0.406. The van der Waals surface area contributed by atoms with E-state index in [1.807, 2.05) is 12.1 Å². The molecule has 0 saturated carbocycles. The highest BCUT2D eigenvalue weighted by Crippen LogP contribution is 2.31. The van der Waals surface area contributed by atoms with Crippen molar-refractivity contribution in [2.75, 3.05) is 37.4 Å². The van der Waals surface area contributed by atoms with Crippen molar-refractivity contribution in [3.63, 3.8) is 0 Å². The first kappa shape index (κ1) is 16.8. The van der Waals surface area contributed by atoms with Gasteiger partial charge in [-0.3, -0.25) is 0 Å². The highest BCUT2D eigenvalue weighted by molar-refractivity contribution is 9.09. The SMILES string of the molecule is CN(C)S(=O)(=O)c1ccccc1N1CCCC(CCBr)C1. The molecule has 21 heavy (non-hydrogen) atoms. The molecule has 1 saturated heterocycles. The average Bonchev–Trinajstić information content (AvgIpc) is 2.48. The number of hydrogen-bond acceptors (Lipinski definition) is 3. The van der Waals surface area contributed by atoms with Crippen molar-refractivity contribution in [1.29, 1.82) is 0 Å². The van der Waals surface area contributed by atoms with Gasteiger partial charge in [-0.15, -0.1) is 0 Å². The Morgan fingerprint density at radius 3 is 2.71 bits per heavy atom. The molecule has 0 spiro atoms. The third-order valence-corrected chi connectivity index (χ3v) is 6.32. The molecular weight excluding hydrogens is 352 g/mol. The van der Waals surface area contributed by atoms with E-state index >= 15 is 0 Å². The summed E-state index contributed by atoms with van der Waals surface area (Å²) in [6, 6.07) is 7.34. The van der Waals surface area contributed by atoms with E-state index in [4.69, 9.17) is 0 Å². The summed E-state index contributed by atoms with van der Waals surface area (Å²) in [6.45, 7) is 1.87. The first-order valence-corrected chi connectivity index (χ1v) is 9.85. The minimum absolute atomic E-state index is 0.412. The Labute approximate surface area is 136 Å². The van der Waals surface area contributed by atoms with E-state index in [0.29, 0.717) is 10.8 Å². The van der Waals surface area contributed by atoms with Crippen molar-refractivity contribution in [3.8, 4) is 0 Å². The summed E-state index contributed by atoms with van der Waals surface area (Å²) < 4.78 is 26.3. The molecule has 6 heteroatoms. The van der Waals surface area contributed by atoms with Crippen LogP contribution in [0.2, 0.25) is 0 Å². The Hall–Kier alpha value is -0.590. The summed E-state index contributed by atoms with van der Waals surface area (Å²) in [5, 5.41) is 1.00. The summed E-state index contributed by atoms with van der Waals surface area (Å²) in [4.78, 5) is 2.64.